The summed E-state index contributed by atoms with van der Waals surface area (Å²) in [6.07, 6.45) is 0. The number of carboxylic acid groups (broad SMARTS) is 1. The fourth-order valence-corrected chi connectivity index (χ4v) is 3.81. The van der Waals surface area contributed by atoms with Crippen molar-refractivity contribution < 1.29 is 19.4 Å². The van der Waals surface area contributed by atoms with Crippen molar-refractivity contribution in [1.29, 1.82) is 0 Å². The number of aromatic carboxylic acids is 1. The molecule has 0 radical (unpaired) electrons. The summed E-state index contributed by atoms with van der Waals surface area (Å²) in [6, 6.07) is 19.0. The van der Waals surface area contributed by atoms with Gasteiger partial charge in [0.15, 0.2) is 0 Å². The van der Waals surface area contributed by atoms with Crippen molar-refractivity contribution in [2.24, 2.45) is 0 Å². The van der Waals surface area contributed by atoms with Crippen molar-refractivity contribution in [2.75, 3.05) is 12.3 Å². The lowest BCUT2D eigenvalue weighted by Gasteiger charge is -2.15. The van der Waals surface area contributed by atoms with Crippen LogP contribution in [0.5, 0.6) is 0 Å². The largest absolute Gasteiger partial charge is 0.478 e. The molecule has 4 rings (SSSR count). The number of ether oxygens (including phenoxy) is 1. The number of esters is 1. The van der Waals surface area contributed by atoms with Crippen LogP contribution in [0, 0.1) is 6.92 Å². The van der Waals surface area contributed by atoms with E-state index in [9.17, 15) is 9.59 Å². The molecule has 0 amide bonds. The molecule has 5 heteroatoms. The van der Waals surface area contributed by atoms with E-state index in [4.69, 9.17) is 15.6 Å². The molecule has 0 saturated heterocycles. The normalized spacial score (nSPS) is 12.3. The van der Waals surface area contributed by atoms with Gasteiger partial charge in [-0.3, -0.25) is 0 Å². The topological polar surface area (TPSA) is 89.6 Å². The molecule has 28 heavy (non-hydrogen) atoms. The van der Waals surface area contributed by atoms with Gasteiger partial charge in [-0.25, -0.2) is 9.59 Å². The molecule has 0 saturated carbocycles. The van der Waals surface area contributed by atoms with E-state index >= 15 is 0 Å². The zero-order chi connectivity index (χ0) is 19.8. The number of nitrogen functional groups attached to an aromatic ring is 1. The summed E-state index contributed by atoms with van der Waals surface area (Å²) < 4.78 is 5.62. The number of carbonyl (C=O) groups is 2. The first-order valence-corrected chi connectivity index (χ1v) is 8.96. The molecule has 3 N–H and O–H groups in total. The predicted octanol–water partition coefficient (Wildman–Crippen LogP) is 4.24. The van der Waals surface area contributed by atoms with Crippen LogP contribution in [0.25, 0.3) is 11.1 Å². The van der Waals surface area contributed by atoms with E-state index in [0.29, 0.717) is 5.56 Å². The quantitative estimate of drug-likeness (QED) is 0.527. The van der Waals surface area contributed by atoms with E-state index in [-0.39, 0.29) is 29.3 Å². The molecule has 0 fully saturated rings. The summed E-state index contributed by atoms with van der Waals surface area (Å²) in [5.74, 6) is -1.67. The third-order valence-corrected chi connectivity index (χ3v) is 5.31. The lowest BCUT2D eigenvalue weighted by atomic mass is 9.98. The molecular formula is C23H19NO4. The molecule has 0 atom stereocenters. The van der Waals surface area contributed by atoms with Crippen LogP contribution >= 0.6 is 0 Å². The van der Waals surface area contributed by atoms with E-state index in [1.165, 1.54) is 12.1 Å². The lowest BCUT2D eigenvalue weighted by molar-refractivity contribution is 0.0491. The Bertz CT molecular complexity index is 1060. The predicted molar refractivity (Wildman–Crippen MR) is 107 cm³/mol. The van der Waals surface area contributed by atoms with Crippen LogP contribution in [0.4, 0.5) is 5.69 Å². The Labute approximate surface area is 162 Å². The minimum absolute atomic E-state index is 0.0207. The van der Waals surface area contributed by atoms with Gasteiger partial charge in [0.1, 0.15) is 6.61 Å². The molecular weight excluding hydrogens is 354 g/mol. The Morgan fingerprint density at radius 3 is 2.04 bits per heavy atom. The minimum Gasteiger partial charge on any atom is -0.478 e. The molecule has 5 nitrogen and oxygen atoms in total. The van der Waals surface area contributed by atoms with Gasteiger partial charge >= 0.3 is 11.9 Å². The SMILES string of the molecule is Cc1c(C(=O)OCC2c3ccccc3-c3ccccc32)ccc(C(=O)O)c1N. The summed E-state index contributed by atoms with van der Waals surface area (Å²) in [4.78, 5) is 23.8. The maximum Gasteiger partial charge on any atom is 0.338 e. The number of hydrogen-bond donors (Lipinski definition) is 2. The Hall–Kier alpha value is -3.60. The maximum absolute atomic E-state index is 12.7. The van der Waals surface area contributed by atoms with Crippen molar-refractivity contribution in [3.63, 3.8) is 0 Å². The molecule has 3 aromatic rings. The molecule has 1 aliphatic carbocycles. The highest BCUT2D eigenvalue weighted by Gasteiger charge is 2.29. The molecule has 0 aliphatic heterocycles. The van der Waals surface area contributed by atoms with E-state index < -0.39 is 11.9 Å². The highest BCUT2D eigenvalue weighted by Crippen LogP contribution is 2.44. The van der Waals surface area contributed by atoms with Crippen LogP contribution in [0.3, 0.4) is 0 Å². The van der Waals surface area contributed by atoms with Gasteiger partial charge in [-0.05, 0) is 46.9 Å². The third-order valence-electron chi connectivity index (χ3n) is 5.31. The fraction of sp³-hybridized carbons (Fsp3) is 0.130. The van der Waals surface area contributed by atoms with Crippen LogP contribution < -0.4 is 5.73 Å². The van der Waals surface area contributed by atoms with Gasteiger partial charge in [0, 0.05) is 11.6 Å². The van der Waals surface area contributed by atoms with Crippen LogP contribution in [0.2, 0.25) is 0 Å². The Morgan fingerprint density at radius 1 is 0.929 bits per heavy atom. The van der Waals surface area contributed by atoms with Gasteiger partial charge in [-0.2, -0.15) is 0 Å². The molecule has 0 bridgehead atoms. The number of nitrogens with two attached hydrogens (primary N) is 1. The number of hydrogen-bond acceptors (Lipinski definition) is 4. The standard InChI is InChI=1S/C23H19NO4/c1-13-14(10-11-19(21(13)24)22(25)26)23(27)28-12-20-17-8-4-2-6-15(17)16-7-3-5-9-18(16)20/h2-11,20H,12,24H2,1H3,(H,25,26). The number of carbonyl (C=O) groups excluding carboxylic acids is 1. The Morgan fingerprint density at radius 2 is 1.46 bits per heavy atom. The average Bonchev–Trinajstić information content (AvgIpc) is 3.02. The summed E-state index contributed by atoms with van der Waals surface area (Å²) in [7, 11) is 0. The van der Waals surface area contributed by atoms with Crippen molar-refractivity contribution >= 4 is 17.6 Å². The number of anilines is 1. The highest BCUT2D eigenvalue weighted by atomic mass is 16.5. The van der Waals surface area contributed by atoms with Crippen molar-refractivity contribution in [3.05, 3.63) is 88.5 Å². The molecule has 0 aromatic heterocycles. The smallest absolute Gasteiger partial charge is 0.338 e. The number of rotatable bonds is 4. The molecule has 140 valence electrons. The first kappa shape index (κ1) is 17.8. The zero-order valence-corrected chi connectivity index (χ0v) is 15.3. The number of carboxylic acids is 1. The molecule has 1 aliphatic rings. The van der Waals surface area contributed by atoms with Crippen molar-refractivity contribution in [3.8, 4) is 11.1 Å². The Balaban J connectivity index is 1.60. The maximum atomic E-state index is 12.7. The van der Waals surface area contributed by atoms with E-state index in [2.05, 4.69) is 24.3 Å². The molecule has 0 unspecified atom stereocenters. The first-order chi connectivity index (χ1) is 13.5. The second-order valence-electron chi connectivity index (χ2n) is 6.83. The summed E-state index contributed by atoms with van der Waals surface area (Å²) >= 11 is 0. The zero-order valence-electron chi connectivity index (χ0n) is 15.3. The highest BCUT2D eigenvalue weighted by molar-refractivity contribution is 5.99. The van der Waals surface area contributed by atoms with E-state index in [1.54, 1.807) is 6.92 Å². The number of fused-ring (bicyclic) bond motifs is 3. The average molecular weight is 373 g/mol. The summed E-state index contributed by atoms with van der Waals surface area (Å²) in [5.41, 5.74) is 11.2. The van der Waals surface area contributed by atoms with E-state index in [0.717, 1.165) is 22.3 Å². The number of benzene rings is 3. The lowest BCUT2D eigenvalue weighted by Crippen LogP contribution is -2.15. The molecule has 0 heterocycles. The summed E-state index contributed by atoms with van der Waals surface area (Å²) in [6.45, 7) is 1.82. The van der Waals surface area contributed by atoms with Gasteiger partial charge in [0.25, 0.3) is 0 Å². The second kappa shape index (κ2) is 6.85. The van der Waals surface area contributed by atoms with Crippen molar-refractivity contribution in [1.82, 2.24) is 0 Å². The van der Waals surface area contributed by atoms with Crippen LogP contribution in [0.15, 0.2) is 60.7 Å². The van der Waals surface area contributed by atoms with Gasteiger partial charge in [0.05, 0.1) is 11.1 Å². The van der Waals surface area contributed by atoms with Crippen LogP contribution in [-0.2, 0) is 4.74 Å². The van der Waals surface area contributed by atoms with Crippen molar-refractivity contribution in [2.45, 2.75) is 12.8 Å². The third kappa shape index (κ3) is 2.81. The minimum atomic E-state index is -1.13. The van der Waals surface area contributed by atoms with Gasteiger partial charge in [-0.15, -0.1) is 0 Å². The van der Waals surface area contributed by atoms with Gasteiger partial charge in [0.2, 0.25) is 0 Å². The molecule has 0 spiro atoms. The summed E-state index contributed by atoms with van der Waals surface area (Å²) in [5, 5.41) is 9.16. The Kier molecular flexibility index (Phi) is 4.35. The fourth-order valence-electron chi connectivity index (χ4n) is 3.81. The first-order valence-electron chi connectivity index (χ1n) is 8.96. The monoisotopic (exact) mass is 373 g/mol. The second-order valence-corrected chi connectivity index (χ2v) is 6.83. The van der Waals surface area contributed by atoms with Crippen LogP contribution in [0.1, 0.15) is 43.3 Å². The molecule has 3 aromatic carbocycles. The van der Waals surface area contributed by atoms with Gasteiger partial charge in [-0.1, -0.05) is 48.5 Å². The van der Waals surface area contributed by atoms with Gasteiger partial charge < -0.3 is 15.6 Å². The van der Waals surface area contributed by atoms with E-state index in [1.807, 2.05) is 24.3 Å². The van der Waals surface area contributed by atoms with Crippen LogP contribution in [-0.4, -0.2) is 23.7 Å².